The summed E-state index contributed by atoms with van der Waals surface area (Å²) < 4.78 is 14.2. The molecule has 0 amide bonds. The van der Waals surface area contributed by atoms with Gasteiger partial charge in [-0.1, -0.05) is 35.3 Å². The number of likely N-dealkylation sites (tertiary alicyclic amines) is 1. The van der Waals surface area contributed by atoms with Gasteiger partial charge in [0.05, 0.1) is 22.7 Å². The number of piperidine rings is 1. The average Bonchev–Trinajstić information content (AvgIpc) is 3.50. The summed E-state index contributed by atoms with van der Waals surface area (Å²) in [7, 11) is 0. The fourth-order valence-electron chi connectivity index (χ4n) is 4.64. The Morgan fingerprint density at radius 3 is 2.71 bits per heavy atom. The molecule has 1 saturated heterocycles. The van der Waals surface area contributed by atoms with Gasteiger partial charge in [0.25, 0.3) is 0 Å². The topological polar surface area (TPSA) is 97.1 Å². The highest BCUT2D eigenvalue weighted by molar-refractivity contribution is 7.16. The van der Waals surface area contributed by atoms with E-state index in [0.29, 0.717) is 38.4 Å². The first kappa shape index (κ1) is 26.8. The van der Waals surface area contributed by atoms with Crippen LogP contribution in [-0.2, 0) is 0 Å². The molecule has 8 nitrogen and oxygen atoms in total. The second kappa shape index (κ2) is 11.5. The molecular formula is C27H27Cl2N3O5S. The molecule has 0 radical (unpaired) electrons. The lowest BCUT2D eigenvalue weighted by atomic mass is 10.1. The van der Waals surface area contributed by atoms with E-state index in [-0.39, 0.29) is 23.3 Å². The number of ether oxygens (including phenoxy) is 2. The largest absolute Gasteiger partial charge is 0.489 e. The minimum Gasteiger partial charge on any atom is -0.489 e. The van der Waals surface area contributed by atoms with E-state index in [2.05, 4.69) is 9.88 Å². The molecule has 1 fully saturated rings. The van der Waals surface area contributed by atoms with Crippen LogP contribution in [-0.4, -0.2) is 63.0 Å². The quantitative estimate of drug-likeness (QED) is 0.250. The van der Waals surface area contributed by atoms with E-state index in [4.69, 9.17) is 37.8 Å². The van der Waals surface area contributed by atoms with Crippen LogP contribution in [0, 0.1) is 0 Å². The van der Waals surface area contributed by atoms with Gasteiger partial charge >= 0.3 is 5.97 Å². The molecule has 38 heavy (non-hydrogen) atoms. The highest BCUT2D eigenvalue weighted by Crippen LogP contribution is 2.39. The van der Waals surface area contributed by atoms with Crippen LogP contribution < -0.4 is 9.47 Å². The number of thiophene rings is 1. The average molecular weight is 577 g/mol. The van der Waals surface area contributed by atoms with Crippen molar-refractivity contribution in [3.05, 3.63) is 69.3 Å². The highest BCUT2D eigenvalue weighted by atomic mass is 35.5. The van der Waals surface area contributed by atoms with E-state index in [1.807, 2.05) is 35.8 Å². The van der Waals surface area contributed by atoms with Gasteiger partial charge in [0.15, 0.2) is 4.88 Å². The number of carboxylic acids is 1. The number of hydrogen-bond donors (Lipinski definition) is 2. The third-order valence-electron chi connectivity index (χ3n) is 6.61. The second-order valence-electron chi connectivity index (χ2n) is 9.13. The van der Waals surface area contributed by atoms with Crippen molar-refractivity contribution >= 4 is 51.5 Å². The lowest BCUT2D eigenvalue weighted by molar-refractivity contribution is 0.0695. The number of halogens is 2. The molecular weight excluding hydrogens is 549 g/mol. The number of β-amino-alcohol motifs (C(OH)–C–C–N with tert-alkyl or cyclic N) is 1. The number of benzene rings is 2. The van der Waals surface area contributed by atoms with E-state index in [1.54, 1.807) is 24.5 Å². The summed E-state index contributed by atoms with van der Waals surface area (Å²) in [5.41, 5.74) is 2.22. The van der Waals surface area contributed by atoms with Gasteiger partial charge in [-0.3, -0.25) is 4.57 Å². The molecule has 4 aromatic rings. The van der Waals surface area contributed by atoms with Gasteiger partial charge in [0.2, 0.25) is 0 Å². The molecule has 1 aliphatic heterocycles. The Morgan fingerprint density at radius 1 is 1.18 bits per heavy atom. The second-order valence-corrected chi connectivity index (χ2v) is 11.0. The Balaban J connectivity index is 1.35. The normalized spacial score (nSPS) is 15.6. The van der Waals surface area contributed by atoms with Gasteiger partial charge in [0.1, 0.15) is 35.0 Å². The number of rotatable bonds is 9. The fraction of sp³-hybridized carbons (Fsp3) is 0.333. The summed E-state index contributed by atoms with van der Waals surface area (Å²) in [4.78, 5) is 18.7. The first-order chi connectivity index (χ1) is 18.3. The number of nitrogens with zero attached hydrogens (tertiary/aromatic N) is 3. The molecule has 0 aliphatic carbocycles. The van der Waals surface area contributed by atoms with Gasteiger partial charge in [0, 0.05) is 36.3 Å². The van der Waals surface area contributed by atoms with Crippen LogP contribution in [0.4, 0.5) is 0 Å². The number of carbonyl (C=O) groups is 1. The molecule has 0 unspecified atom stereocenters. The molecule has 1 atom stereocenters. The molecule has 2 N–H and O–H groups in total. The molecule has 5 rings (SSSR count). The number of imidazole rings is 1. The van der Waals surface area contributed by atoms with E-state index in [0.717, 1.165) is 42.8 Å². The molecule has 11 heteroatoms. The van der Waals surface area contributed by atoms with Crippen LogP contribution in [0.15, 0.2) is 48.8 Å². The maximum absolute atomic E-state index is 12.1. The monoisotopic (exact) mass is 575 g/mol. The zero-order valence-electron chi connectivity index (χ0n) is 20.6. The number of carboxylic acid groups (broad SMARTS) is 1. The molecule has 2 aromatic carbocycles. The zero-order chi connectivity index (χ0) is 26.8. The minimum atomic E-state index is -1.08. The number of aliphatic hydroxyl groups excluding tert-OH is 1. The van der Waals surface area contributed by atoms with Crippen molar-refractivity contribution < 1.29 is 24.5 Å². The Hall–Kier alpha value is -2.82. The third-order valence-corrected chi connectivity index (χ3v) is 8.35. The maximum atomic E-state index is 12.1. The number of hydrogen-bond acceptors (Lipinski definition) is 7. The predicted octanol–water partition coefficient (Wildman–Crippen LogP) is 6.07. The standard InChI is InChI=1S/C27H27Cl2N3O5S/c1-16(19-3-2-4-22(25(19)29)37-18-7-9-31(10-8-18)11-12-33)36-23-14-24(38-26(23)27(34)35)32-15-30-20-13-17(28)5-6-21(20)32/h2-6,13-16,18,33H,7-12H2,1H3,(H,34,35)/t16-/m1/s1. The molecule has 200 valence electrons. The summed E-state index contributed by atoms with van der Waals surface area (Å²) in [5.74, 6) is -0.251. The summed E-state index contributed by atoms with van der Waals surface area (Å²) in [6.45, 7) is 4.38. The molecule has 3 heterocycles. The zero-order valence-corrected chi connectivity index (χ0v) is 23.0. The van der Waals surface area contributed by atoms with Crippen LogP contribution in [0.5, 0.6) is 11.5 Å². The smallest absolute Gasteiger partial charge is 0.349 e. The van der Waals surface area contributed by atoms with Crippen molar-refractivity contribution in [3.63, 3.8) is 0 Å². The summed E-state index contributed by atoms with van der Waals surface area (Å²) in [5, 5.41) is 20.7. The Morgan fingerprint density at radius 2 is 1.97 bits per heavy atom. The van der Waals surface area contributed by atoms with Gasteiger partial charge in [-0.05, 0) is 44.0 Å². The van der Waals surface area contributed by atoms with Gasteiger partial charge in [-0.15, -0.1) is 11.3 Å². The molecule has 0 saturated carbocycles. The van der Waals surface area contributed by atoms with Crippen LogP contribution >= 0.6 is 34.5 Å². The lowest BCUT2D eigenvalue weighted by Crippen LogP contribution is -2.39. The van der Waals surface area contributed by atoms with Crippen molar-refractivity contribution in [3.8, 4) is 16.5 Å². The van der Waals surface area contributed by atoms with E-state index < -0.39 is 12.1 Å². The number of aromatic nitrogens is 2. The van der Waals surface area contributed by atoms with Crippen LogP contribution in [0.3, 0.4) is 0 Å². The molecule has 0 spiro atoms. The highest BCUT2D eigenvalue weighted by Gasteiger charge is 2.25. The SMILES string of the molecule is C[C@@H](Oc1cc(-n2cnc3cc(Cl)ccc32)sc1C(=O)O)c1cccc(OC2CCN(CCO)CC2)c1Cl. The molecule has 1 aliphatic rings. The number of aliphatic hydroxyl groups is 1. The van der Waals surface area contributed by atoms with Crippen molar-refractivity contribution in [1.82, 2.24) is 14.5 Å². The summed E-state index contributed by atoms with van der Waals surface area (Å²) in [6.07, 6.45) is 2.84. The first-order valence-electron chi connectivity index (χ1n) is 12.3. The Kier molecular flexibility index (Phi) is 8.11. The maximum Gasteiger partial charge on any atom is 0.349 e. The number of fused-ring (bicyclic) bond motifs is 1. The van der Waals surface area contributed by atoms with Crippen LogP contribution in [0.1, 0.15) is 41.1 Å². The van der Waals surface area contributed by atoms with Crippen molar-refractivity contribution in [1.29, 1.82) is 0 Å². The van der Waals surface area contributed by atoms with Crippen molar-refractivity contribution in [2.24, 2.45) is 0 Å². The van der Waals surface area contributed by atoms with Crippen molar-refractivity contribution in [2.45, 2.75) is 32.0 Å². The van der Waals surface area contributed by atoms with Gasteiger partial charge in [-0.25, -0.2) is 9.78 Å². The van der Waals surface area contributed by atoms with Crippen LogP contribution in [0.25, 0.3) is 16.0 Å². The molecule has 0 bridgehead atoms. The Bertz CT molecular complexity index is 1450. The molecule has 2 aromatic heterocycles. The minimum absolute atomic E-state index is 0.0341. The van der Waals surface area contributed by atoms with Gasteiger partial charge in [-0.2, -0.15) is 0 Å². The first-order valence-corrected chi connectivity index (χ1v) is 13.9. The van der Waals surface area contributed by atoms with Gasteiger partial charge < -0.3 is 24.6 Å². The lowest BCUT2D eigenvalue weighted by Gasteiger charge is -2.32. The van der Waals surface area contributed by atoms with E-state index in [1.165, 1.54) is 0 Å². The van der Waals surface area contributed by atoms with Crippen molar-refractivity contribution in [2.75, 3.05) is 26.2 Å². The predicted molar refractivity (Wildman–Crippen MR) is 149 cm³/mol. The van der Waals surface area contributed by atoms with E-state index >= 15 is 0 Å². The summed E-state index contributed by atoms with van der Waals surface area (Å²) >= 11 is 13.9. The number of aromatic carboxylic acids is 1. The van der Waals surface area contributed by atoms with Crippen LogP contribution in [0.2, 0.25) is 10.0 Å². The fourth-order valence-corrected chi connectivity index (χ4v) is 6.04. The Labute approximate surface area is 233 Å². The van der Waals surface area contributed by atoms with E-state index in [9.17, 15) is 9.90 Å². The third kappa shape index (κ3) is 5.62. The summed E-state index contributed by atoms with van der Waals surface area (Å²) in [6, 6.07) is 12.6.